The average molecular weight is 281 g/mol. The van der Waals surface area contributed by atoms with Crippen LogP contribution in [0.25, 0.3) is 16.3 Å². The first-order valence-corrected chi connectivity index (χ1v) is 6.05. The van der Waals surface area contributed by atoms with Gasteiger partial charge in [-0.1, -0.05) is 11.6 Å². The van der Waals surface area contributed by atoms with Crippen LogP contribution in [0.4, 0.5) is 0 Å². The molecule has 3 heterocycles. The van der Waals surface area contributed by atoms with Gasteiger partial charge in [0.15, 0.2) is 0 Å². The van der Waals surface area contributed by atoms with Gasteiger partial charge in [-0.2, -0.15) is 9.50 Å². The third-order valence-electron chi connectivity index (χ3n) is 2.26. The lowest BCUT2D eigenvalue weighted by Gasteiger charge is -1.98. The van der Waals surface area contributed by atoms with Crippen molar-refractivity contribution in [2.24, 2.45) is 0 Å². The summed E-state index contributed by atoms with van der Waals surface area (Å²) < 4.78 is 2.04. The molecular weight excluding hydrogens is 276 g/mol. The highest BCUT2D eigenvalue weighted by atomic mass is 35.5. The molecule has 0 unspecified atom stereocenters. The Bertz CT molecular complexity index is 751. The molecule has 0 saturated heterocycles. The highest BCUT2D eigenvalue weighted by Gasteiger charge is 2.15. The quantitative estimate of drug-likeness (QED) is 0.778. The fraction of sp³-hybridized carbons (Fsp3) is 0. The van der Waals surface area contributed by atoms with Gasteiger partial charge >= 0.3 is 5.97 Å². The Morgan fingerprint density at radius 3 is 2.89 bits per heavy atom. The largest absolute Gasteiger partial charge is 0.475 e. The number of hydrogen-bond donors (Lipinski definition) is 1. The molecule has 6 nitrogen and oxygen atoms in total. The van der Waals surface area contributed by atoms with E-state index in [-0.39, 0.29) is 11.6 Å². The molecule has 8 heteroatoms. The number of carboxylic acid groups (broad SMARTS) is 1. The number of aromatic nitrogens is 4. The van der Waals surface area contributed by atoms with E-state index in [4.69, 9.17) is 16.7 Å². The normalized spacial score (nSPS) is 10.9. The monoisotopic (exact) mass is 280 g/mol. The smallest absolute Gasteiger partial charge is 0.375 e. The summed E-state index contributed by atoms with van der Waals surface area (Å²) in [6.45, 7) is 0. The molecule has 0 radical (unpaired) electrons. The lowest BCUT2D eigenvalue weighted by atomic mass is 10.3. The van der Waals surface area contributed by atoms with Gasteiger partial charge in [-0.05, 0) is 18.2 Å². The van der Waals surface area contributed by atoms with E-state index in [1.54, 1.807) is 18.3 Å². The van der Waals surface area contributed by atoms with Crippen molar-refractivity contribution >= 4 is 34.7 Å². The average Bonchev–Trinajstić information content (AvgIpc) is 2.94. The van der Waals surface area contributed by atoms with Crippen LogP contribution < -0.4 is 0 Å². The van der Waals surface area contributed by atoms with E-state index in [2.05, 4.69) is 15.1 Å². The van der Waals surface area contributed by atoms with Crippen LogP contribution in [0, 0.1) is 0 Å². The molecule has 0 spiro atoms. The Kier molecular flexibility index (Phi) is 2.49. The van der Waals surface area contributed by atoms with Crippen molar-refractivity contribution in [1.29, 1.82) is 0 Å². The summed E-state index contributed by atoms with van der Waals surface area (Å²) in [5, 5.41) is 12.8. The molecule has 90 valence electrons. The van der Waals surface area contributed by atoms with Crippen molar-refractivity contribution in [3.8, 4) is 10.6 Å². The number of aromatic carboxylic acids is 1. The Hall–Kier alpha value is -1.99. The lowest BCUT2D eigenvalue weighted by molar-refractivity contribution is 0.0684. The summed E-state index contributed by atoms with van der Waals surface area (Å²) in [6, 6.07) is 5.34. The minimum absolute atomic E-state index is 0.245. The van der Waals surface area contributed by atoms with Crippen molar-refractivity contribution in [2.75, 3.05) is 0 Å². The third kappa shape index (κ3) is 1.73. The molecule has 3 aromatic heterocycles. The second-order valence-corrected chi connectivity index (χ2v) is 5.10. The van der Waals surface area contributed by atoms with E-state index < -0.39 is 5.97 Å². The van der Waals surface area contributed by atoms with Gasteiger partial charge < -0.3 is 5.11 Å². The SMILES string of the molecule is O=C(O)c1nc2nccc(-c3ccc(Cl)s3)n2n1. The summed E-state index contributed by atoms with van der Waals surface area (Å²) in [5.41, 5.74) is 0.705. The Balaban J connectivity index is 2.26. The Morgan fingerprint density at radius 1 is 1.39 bits per heavy atom. The van der Waals surface area contributed by atoms with Gasteiger partial charge in [0.05, 0.1) is 14.9 Å². The molecule has 3 aromatic rings. The van der Waals surface area contributed by atoms with Crippen LogP contribution in [-0.2, 0) is 0 Å². The number of nitrogens with zero attached hydrogens (tertiary/aromatic N) is 4. The predicted molar refractivity (Wildman–Crippen MR) is 66.1 cm³/mol. The van der Waals surface area contributed by atoms with Crippen molar-refractivity contribution in [3.05, 3.63) is 34.6 Å². The molecular formula is C10H5ClN4O2S. The van der Waals surface area contributed by atoms with Crippen molar-refractivity contribution < 1.29 is 9.90 Å². The summed E-state index contributed by atoms with van der Waals surface area (Å²) >= 11 is 7.26. The van der Waals surface area contributed by atoms with E-state index in [0.717, 1.165) is 4.88 Å². The zero-order valence-corrected chi connectivity index (χ0v) is 10.3. The molecule has 3 rings (SSSR count). The van der Waals surface area contributed by atoms with Crippen LogP contribution in [-0.4, -0.2) is 30.7 Å². The van der Waals surface area contributed by atoms with Crippen molar-refractivity contribution in [3.63, 3.8) is 0 Å². The minimum Gasteiger partial charge on any atom is -0.475 e. The molecule has 1 N–H and O–H groups in total. The molecule has 0 aliphatic carbocycles. The molecule has 0 atom stereocenters. The van der Waals surface area contributed by atoms with Crippen LogP contribution >= 0.6 is 22.9 Å². The number of carboxylic acids is 1. The number of carbonyl (C=O) groups is 1. The number of halogens is 1. The predicted octanol–water partition coefficient (Wildman–Crippen LogP) is 2.20. The Labute approximate surface area is 109 Å². The zero-order chi connectivity index (χ0) is 12.7. The summed E-state index contributed by atoms with van der Waals surface area (Å²) in [4.78, 5) is 19.5. The lowest BCUT2D eigenvalue weighted by Crippen LogP contribution is -2.00. The second kappa shape index (κ2) is 4.04. The number of thiophene rings is 1. The van der Waals surface area contributed by atoms with Gasteiger partial charge in [-0.25, -0.2) is 9.78 Å². The first kappa shape index (κ1) is 11.1. The standard InChI is InChI=1S/C10H5ClN4O2S/c11-7-2-1-6(18-7)5-3-4-12-10-13-8(9(16)17)14-15(5)10/h1-4H,(H,16,17). The van der Waals surface area contributed by atoms with E-state index >= 15 is 0 Å². The fourth-order valence-electron chi connectivity index (χ4n) is 1.52. The van der Waals surface area contributed by atoms with Crippen molar-refractivity contribution in [2.45, 2.75) is 0 Å². The fourth-order valence-corrected chi connectivity index (χ4v) is 2.58. The molecule has 0 amide bonds. The molecule has 0 aliphatic rings. The summed E-state index contributed by atoms with van der Waals surface area (Å²) in [5.74, 6) is -1.22. The van der Waals surface area contributed by atoms with Gasteiger partial charge in [-0.15, -0.1) is 16.4 Å². The van der Waals surface area contributed by atoms with Gasteiger partial charge in [0, 0.05) is 6.20 Å². The zero-order valence-electron chi connectivity index (χ0n) is 8.74. The van der Waals surface area contributed by atoms with E-state index in [0.29, 0.717) is 10.0 Å². The molecule has 0 aromatic carbocycles. The molecule has 0 fully saturated rings. The highest BCUT2D eigenvalue weighted by molar-refractivity contribution is 7.19. The number of rotatable bonds is 2. The first-order chi connectivity index (χ1) is 8.65. The maximum atomic E-state index is 10.8. The molecule has 18 heavy (non-hydrogen) atoms. The third-order valence-corrected chi connectivity index (χ3v) is 3.51. The topological polar surface area (TPSA) is 80.4 Å². The molecule has 0 bridgehead atoms. The molecule has 0 aliphatic heterocycles. The van der Waals surface area contributed by atoms with Gasteiger partial charge in [0.2, 0.25) is 0 Å². The highest BCUT2D eigenvalue weighted by Crippen LogP contribution is 2.30. The van der Waals surface area contributed by atoms with E-state index in [9.17, 15) is 4.79 Å². The van der Waals surface area contributed by atoms with Crippen LogP contribution in [0.5, 0.6) is 0 Å². The minimum atomic E-state index is -1.18. The second-order valence-electron chi connectivity index (χ2n) is 3.39. The van der Waals surface area contributed by atoms with Crippen LogP contribution in [0.1, 0.15) is 10.6 Å². The van der Waals surface area contributed by atoms with Crippen LogP contribution in [0.2, 0.25) is 4.34 Å². The summed E-state index contributed by atoms with van der Waals surface area (Å²) in [7, 11) is 0. The summed E-state index contributed by atoms with van der Waals surface area (Å²) in [6.07, 6.45) is 1.55. The molecule has 0 saturated carbocycles. The van der Waals surface area contributed by atoms with Gasteiger partial charge in [-0.3, -0.25) is 0 Å². The number of hydrogen-bond acceptors (Lipinski definition) is 5. The maximum absolute atomic E-state index is 10.8. The van der Waals surface area contributed by atoms with Gasteiger partial charge in [0.25, 0.3) is 11.6 Å². The first-order valence-electron chi connectivity index (χ1n) is 4.86. The van der Waals surface area contributed by atoms with Gasteiger partial charge in [0.1, 0.15) is 0 Å². The van der Waals surface area contributed by atoms with Crippen molar-refractivity contribution in [1.82, 2.24) is 19.6 Å². The Morgan fingerprint density at radius 2 is 2.22 bits per heavy atom. The van der Waals surface area contributed by atoms with E-state index in [1.807, 2.05) is 6.07 Å². The van der Waals surface area contributed by atoms with E-state index in [1.165, 1.54) is 15.9 Å². The number of fused-ring (bicyclic) bond motifs is 1. The van der Waals surface area contributed by atoms with Crippen LogP contribution in [0.15, 0.2) is 24.4 Å². The maximum Gasteiger partial charge on any atom is 0.375 e. The van der Waals surface area contributed by atoms with Crippen LogP contribution in [0.3, 0.4) is 0 Å².